The van der Waals surface area contributed by atoms with Crippen LogP contribution in [-0.2, 0) is 0 Å². The van der Waals surface area contributed by atoms with E-state index in [0.717, 1.165) is 47.9 Å². The minimum absolute atomic E-state index is 0.158. The number of hydrogen-bond donors (Lipinski definition) is 1. The van der Waals surface area contributed by atoms with Crippen molar-refractivity contribution in [3.05, 3.63) is 42.1 Å². The molecular weight excluding hydrogens is 316 g/mol. The highest BCUT2D eigenvalue weighted by Crippen LogP contribution is 2.26. The number of carbonyl (C=O) groups excluding carboxylic acids is 1. The highest BCUT2D eigenvalue weighted by molar-refractivity contribution is 5.97. The second kappa shape index (κ2) is 5.22. The molecule has 1 fully saturated rings. The fourth-order valence-electron chi connectivity index (χ4n) is 3.53. The van der Waals surface area contributed by atoms with Gasteiger partial charge in [0.25, 0.3) is 0 Å². The number of pyridine rings is 1. The van der Waals surface area contributed by atoms with Gasteiger partial charge in [-0.25, -0.2) is 9.97 Å². The number of nitrogens with zero attached hydrogens (tertiary/aromatic N) is 5. The minimum Gasteiger partial charge on any atom is -0.339 e. The molecule has 124 valence electrons. The lowest BCUT2D eigenvalue weighted by Gasteiger charge is -2.16. The van der Waals surface area contributed by atoms with Crippen LogP contribution in [0.1, 0.15) is 16.8 Å². The molecule has 0 aliphatic carbocycles. The number of imidazole rings is 1. The number of carbonyl (C=O) groups is 1. The summed E-state index contributed by atoms with van der Waals surface area (Å²) in [6.07, 6.45) is 3.53. The van der Waals surface area contributed by atoms with Gasteiger partial charge < -0.3 is 10.6 Å². The number of para-hydroxylation sites is 2. The summed E-state index contributed by atoms with van der Waals surface area (Å²) < 4.78 is 1.94. The van der Waals surface area contributed by atoms with E-state index in [2.05, 4.69) is 14.9 Å². The second-order valence-electron chi connectivity index (χ2n) is 6.42. The summed E-state index contributed by atoms with van der Waals surface area (Å²) in [5, 5.41) is 0.810. The number of anilines is 1. The van der Waals surface area contributed by atoms with Gasteiger partial charge in [0.1, 0.15) is 5.65 Å². The third kappa shape index (κ3) is 2.09. The average molecular weight is 332 g/mol. The number of aromatic nitrogens is 4. The summed E-state index contributed by atoms with van der Waals surface area (Å²) in [5.74, 6) is 0.665. The maximum Gasteiger partial charge on any atom is 0.227 e. The molecule has 3 aromatic heterocycles. The topological polar surface area (TPSA) is 89.4 Å². The summed E-state index contributed by atoms with van der Waals surface area (Å²) in [7, 11) is 0. The Kier molecular flexibility index (Phi) is 2.98. The number of benzene rings is 1. The Bertz CT molecular complexity index is 1130. The standard InChI is InChI=1S/C18H16N6O/c19-13-5-6-23(9-13)18-20-8-11-7-12(10-25)17-21-14-3-1-2-4-15(14)24(17)16(11)22-18/h1-4,7-8,10,13H,5-6,9,19H2. The lowest BCUT2D eigenvalue weighted by Crippen LogP contribution is -2.27. The Morgan fingerprint density at radius 2 is 2.08 bits per heavy atom. The number of fused-ring (bicyclic) bond motifs is 5. The van der Waals surface area contributed by atoms with Gasteiger partial charge in [-0.15, -0.1) is 0 Å². The van der Waals surface area contributed by atoms with E-state index >= 15 is 0 Å². The van der Waals surface area contributed by atoms with Gasteiger partial charge in [-0.1, -0.05) is 12.1 Å². The van der Waals surface area contributed by atoms with Crippen LogP contribution in [0, 0.1) is 0 Å². The quantitative estimate of drug-likeness (QED) is 0.563. The smallest absolute Gasteiger partial charge is 0.227 e. The van der Waals surface area contributed by atoms with Crippen molar-refractivity contribution in [2.45, 2.75) is 12.5 Å². The van der Waals surface area contributed by atoms with Crippen LogP contribution >= 0.6 is 0 Å². The van der Waals surface area contributed by atoms with Crippen LogP contribution in [0.5, 0.6) is 0 Å². The van der Waals surface area contributed by atoms with E-state index in [-0.39, 0.29) is 6.04 Å². The highest BCUT2D eigenvalue weighted by Gasteiger charge is 2.22. The van der Waals surface area contributed by atoms with Gasteiger partial charge in [0, 0.05) is 30.7 Å². The third-order valence-corrected chi connectivity index (χ3v) is 4.76. The van der Waals surface area contributed by atoms with Crippen molar-refractivity contribution in [2.75, 3.05) is 18.0 Å². The first-order valence-electron chi connectivity index (χ1n) is 8.27. The first-order valence-corrected chi connectivity index (χ1v) is 8.27. The van der Waals surface area contributed by atoms with Crippen molar-refractivity contribution in [3.63, 3.8) is 0 Å². The molecule has 0 radical (unpaired) electrons. The molecule has 4 heterocycles. The van der Waals surface area contributed by atoms with E-state index in [9.17, 15) is 4.79 Å². The van der Waals surface area contributed by atoms with Crippen LogP contribution in [0.2, 0.25) is 0 Å². The van der Waals surface area contributed by atoms with E-state index < -0.39 is 0 Å². The van der Waals surface area contributed by atoms with E-state index in [1.807, 2.05) is 28.7 Å². The van der Waals surface area contributed by atoms with E-state index in [4.69, 9.17) is 10.7 Å². The predicted octanol–water partition coefficient (Wildman–Crippen LogP) is 1.78. The molecule has 0 spiro atoms. The van der Waals surface area contributed by atoms with E-state index in [1.54, 1.807) is 12.3 Å². The monoisotopic (exact) mass is 332 g/mol. The first kappa shape index (κ1) is 14.3. The molecule has 1 aromatic carbocycles. The highest BCUT2D eigenvalue weighted by atomic mass is 16.1. The first-order chi connectivity index (χ1) is 12.2. The van der Waals surface area contributed by atoms with Crippen LogP contribution in [-0.4, -0.2) is 44.8 Å². The molecular formula is C18H16N6O. The van der Waals surface area contributed by atoms with Crippen molar-refractivity contribution in [1.82, 2.24) is 19.4 Å². The van der Waals surface area contributed by atoms with Gasteiger partial charge in [-0.05, 0) is 24.6 Å². The van der Waals surface area contributed by atoms with Gasteiger partial charge in [0.15, 0.2) is 11.9 Å². The molecule has 0 bridgehead atoms. The summed E-state index contributed by atoms with van der Waals surface area (Å²) >= 11 is 0. The number of nitrogens with two attached hydrogens (primary N) is 1. The molecule has 4 aromatic rings. The molecule has 1 atom stereocenters. The zero-order chi connectivity index (χ0) is 17.0. The fraction of sp³-hybridized carbons (Fsp3) is 0.222. The summed E-state index contributed by atoms with van der Waals surface area (Å²) in [5.41, 5.74) is 9.67. The average Bonchev–Trinajstić information content (AvgIpc) is 3.24. The van der Waals surface area contributed by atoms with Crippen molar-refractivity contribution in [1.29, 1.82) is 0 Å². The van der Waals surface area contributed by atoms with Crippen LogP contribution in [0.25, 0.3) is 27.7 Å². The van der Waals surface area contributed by atoms with Gasteiger partial charge in [-0.3, -0.25) is 9.20 Å². The van der Waals surface area contributed by atoms with Gasteiger partial charge in [-0.2, -0.15) is 4.98 Å². The second-order valence-corrected chi connectivity index (χ2v) is 6.42. The Morgan fingerprint density at radius 3 is 2.88 bits per heavy atom. The lowest BCUT2D eigenvalue weighted by molar-refractivity contribution is 0.112. The van der Waals surface area contributed by atoms with Gasteiger partial charge in [0.2, 0.25) is 5.95 Å². The molecule has 5 rings (SSSR count). The third-order valence-electron chi connectivity index (χ3n) is 4.76. The fourth-order valence-corrected chi connectivity index (χ4v) is 3.53. The predicted molar refractivity (Wildman–Crippen MR) is 96.0 cm³/mol. The molecule has 7 nitrogen and oxygen atoms in total. The SMILES string of the molecule is NC1CCN(c2ncc3cc(C=O)c4nc5ccccc5n4c3n2)C1. The Balaban J connectivity index is 1.85. The lowest BCUT2D eigenvalue weighted by atomic mass is 10.2. The van der Waals surface area contributed by atoms with Crippen molar-refractivity contribution < 1.29 is 4.79 Å². The molecule has 1 unspecified atom stereocenters. The minimum atomic E-state index is 0.158. The number of rotatable bonds is 2. The molecule has 1 aliphatic rings. The maximum absolute atomic E-state index is 11.5. The van der Waals surface area contributed by atoms with Crippen LogP contribution in [0.4, 0.5) is 5.95 Å². The number of hydrogen-bond acceptors (Lipinski definition) is 6. The van der Waals surface area contributed by atoms with Crippen molar-refractivity contribution in [2.24, 2.45) is 5.73 Å². The molecule has 0 saturated carbocycles. The largest absolute Gasteiger partial charge is 0.339 e. The molecule has 0 amide bonds. The zero-order valence-electron chi connectivity index (χ0n) is 13.5. The van der Waals surface area contributed by atoms with Crippen molar-refractivity contribution >= 4 is 39.9 Å². The Morgan fingerprint density at radius 1 is 1.20 bits per heavy atom. The van der Waals surface area contributed by atoms with Gasteiger partial charge >= 0.3 is 0 Å². The van der Waals surface area contributed by atoms with Crippen molar-refractivity contribution in [3.8, 4) is 0 Å². The summed E-state index contributed by atoms with van der Waals surface area (Å²) in [6.45, 7) is 1.61. The number of aldehydes is 1. The van der Waals surface area contributed by atoms with Crippen LogP contribution in [0.15, 0.2) is 36.5 Å². The molecule has 25 heavy (non-hydrogen) atoms. The Hall–Kier alpha value is -3.06. The maximum atomic E-state index is 11.5. The molecule has 7 heteroatoms. The van der Waals surface area contributed by atoms with Crippen LogP contribution < -0.4 is 10.6 Å². The summed E-state index contributed by atoms with van der Waals surface area (Å²) in [4.78, 5) is 27.5. The summed E-state index contributed by atoms with van der Waals surface area (Å²) in [6, 6.07) is 9.76. The van der Waals surface area contributed by atoms with E-state index in [0.29, 0.717) is 17.2 Å². The van der Waals surface area contributed by atoms with Crippen LogP contribution in [0.3, 0.4) is 0 Å². The zero-order valence-corrected chi connectivity index (χ0v) is 13.5. The Labute approximate surface area is 143 Å². The van der Waals surface area contributed by atoms with Gasteiger partial charge in [0.05, 0.1) is 16.6 Å². The normalized spacial score (nSPS) is 17.8. The van der Waals surface area contributed by atoms with E-state index in [1.165, 1.54) is 0 Å². The molecule has 1 saturated heterocycles. The molecule has 2 N–H and O–H groups in total. The molecule has 1 aliphatic heterocycles.